The highest BCUT2D eigenvalue weighted by molar-refractivity contribution is 6.16. The predicted molar refractivity (Wildman–Crippen MR) is 283 cm³/mol. The first-order valence-electron chi connectivity index (χ1n) is 23.3. The van der Waals surface area contributed by atoms with E-state index in [-0.39, 0.29) is 5.92 Å². The maximum atomic E-state index is 2.46. The zero-order valence-electron chi connectivity index (χ0n) is 36.6. The monoisotopic (exact) mass is 850 g/mol. The first-order chi connectivity index (χ1) is 33.2. The van der Waals surface area contributed by atoms with Crippen molar-refractivity contribution < 1.29 is 0 Å². The quantitative estimate of drug-likeness (QED) is 0.148. The van der Waals surface area contributed by atoms with Gasteiger partial charge in [0.15, 0.2) is 0 Å². The maximum absolute atomic E-state index is 2.46. The summed E-state index contributed by atoms with van der Waals surface area (Å²) in [6, 6.07) is 89.8. The van der Waals surface area contributed by atoms with Gasteiger partial charge in [-0.15, -0.1) is 0 Å². The van der Waals surface area contributed by atoms with Crippen molar-refractivity contribution in [1.29, 1.82) is 0 Å². The van der Waals surface area contributed by atoms with Crippen LogP contribution in [0.2, 0.25) is 0 Å². The molecule has 0 saturated heterocycles. The number of nitrogens with zero attached hydrogens (tertiary/aromatic N) is 2. The summed E-state index contributed by atoms with van der Waals surface area (Å²) in [6.07, 6.45) is 2.42. The van der Waals surface area contributed by atoms with Crippen molar-refractivity contribution in [2.45, 2.75) is 5.92 Å². The first kappa shape index (κ1) is 37.6. The topological polar surface area (TPSA) is 9.86 Å². The molecule has 1 atom stereocenters. The molecule has 2 heterocycles. The van der Waals surface area contributed by atoms with Crippen LogP contribution in [0.4, 0.5) is 0 Å². The van der Waals surface area contributed by atoms with E-state index in [4.69, 9.17) is 0 Å². The van der Waals surface area contributed by atoms with Crippen LogP contribution in [0.25, 0.3) is 99.3 Å². The van der Waals surface area contributed by atoms with E-state index >= 15 is 0 Å². The lowest BCUT2D eigenvalue weighted by Gasteiger charge is -2.16. The van der Waals surface area contributed by atoms with Gasteiger partial charge in [-0.1, -0.05) is 170 Å². The number of rotatable bonds is 6. The third-order valence-electron chi connectivity index (χ3n) is 14.3. The van der Waals surface area contributed by atoms with Crippen LogP contribution in [0.3, 0.4) is 0 Å². The van der Waals surface area contributed by atoms with Crippen LogP contribution in [0.15, 0.2) is 243 Å². The number of fused-ring (bicyclic) bond motifs is 11. The van der Waals surface area contributed by atoms with E-state index in [1.54, 1.807) is 0 Å². The molecule has 2 nitrogen and oxygen atoms in total. The molecule has 0 bridgehead atoms. The number of aromatic nitrogens is 2. The summed E-state index contributed by atoms with van der Waals surface area (Å²) in [4.78, 5) is 0. The lowest BCUT2D eigenvalue weighted by atomic mass is 9.88. The molecular formula is C65H42N2. The third-order valence-corrected chi connectivity index (χ3v) is 14.3. The smallest absolute Gasteiger partial charge is 0.0547 e. The van der Waals surface area contributed by atoms with Crippen LogP contribution in [-0.4, -0.2) is 9.13 Å². The molecule has 2 aromatic heterocycles. The molecule has 0 fully saturated rings. The highest BCUT2D eigenvalue weighted by Gasteiger charge is 2.30. The van der Waals surface area contributed by atoms with Gasteiger partial charge in [0.25, 0.3) is 0 Å². The highest BCUT2D eigenvalue weighted by atomic mass is 15.0. The number of hydrogen-bond donors (Lipinski definition) is 0. The molecule has 1 unspecified atom stereocenters. The minimum Gasteiger partial charge on any atom is -0.309 e. The van der Waals surface area contributed by atoms with Gasteiger partial charge < -0.3 is 9.13 Å². The van der Waals surface area contributed by atoms with Crippen molar-refractivity contribution in [3.05, 3.63) is 276 Å². The molecule has 0 aliphatic heterocycles. The van der Waals surface area contributed by atoms with E-state index in [2.05, 4.69) is 258 Å². The molecule has 0 N–H and O–H groups in total. The molecule has 312 valence electrons. The zero-order valence-corrected chi connectivity index (χ0v) is 36.6. The van der Waals surface area contributed by atoms with Crippen molar-refractivity contribution in [3.63, 3.8) is 0 Å². The normalized spacial score (nSPS) is 13.6. The van der Waals surface area contributed by atoms with Crippen molar-refractivity contribution in [2.75, 3.05) is 0 Å². The second-order valence-electron chi connectivity index (χ2n) is 18.1. The van der Waals surface area contributed by atoms with Gasteiger partial charge in [-0.05, 0) is 150 Å². The number of benzene rings is 11. The molecule has 13 aromatic rings. The van der Waals surface area contributed by atoms with Gasteiger partial charge in [0, 0.05) is 38.8 Å². The summed E-state index contributed by atoms with van der Waals surface area (Å²) in [5, 5.41) is 9.94. The Balaban J connectivity index is 1.03. The van der Waals surface area contributed by atoms with Crippen molar-refractivity contribution in [2.24, 2.45) is 0 Å². The van der Waals surface area contributed by atoms with Crippen LogP contribution >= 0.6 is 0 Å². The second kappa shape index (κ2) is 14.9. The second-order valence-corrected chi connectivity index (χ2v) is 18.1. The van der Waals surface area contributed by atoms with Crippen LogP contribution in [0.5, 0.6) is 0 Å². The fourth-order valence-electron chi connectivity index (χ4n) is 11.3. The van der Waals surface area contributed by atoms with Crippen LogP contribution in [0.1, 0.15) is 39.3 Å². The molecule has 1 aliphatic carbocycles. The van der Waals surface area contributed by atoms with Crippen molar-refractivity contribution >= 4 is 76.8 Å². The molecule has 0 radical (unpaired) electrons. The van der Waals surface area contributed by atoms with Crippen molar-refractivity contribution in [3.8, 4) is 22.5 Å². The first-order valence-corrected chi connectivity index (χ1v) is 23.3. The minimum absolute atomic E-state index is 0.183. The average molecular weight is 851 g/mol. The Labute approximate surface area is 388 Å². The zero-order chi connectivity index (χ0) is 44.0. The van der Waals surface area contributed by atoms with Gasteiger partial charge in [-0.2, -0.15) is 0 Å². The van der Waals surface area contributed by atoms with E-state index in [9.17, 15) is 0 Å². The summed E-state index contributed by atoms with van der Waals surface area (Å²) < 4.78 is 4.87. The molecule has 0 amide bonds. The Hall–Kier alpha value is -8.72. The van der Waals surface area contributed by atoms with Gasteiger partial charge in [0.2, 0.25) is 0 Å². The fraction of sp³-hybridized carbons (Fsp3) is 0.0154. The number of para-hydroxylation sites is 2. The molecule has 0 spiro atoms. The molecule has 11 aromatic carbocycles. The Morgan fingerprint density at radius 1 is 0.328 bits per heavy atom. The average Bonchev–Trinajstić information content (AvgIpc) is 4.01. The fourth-order valence-corrected chi connectivity index (χ4v) is 11.3. The summed E-state index contributed by atoms with van der Waals surface area (Å²) in [6.45, 7) is 0. The summed E-state index contributed by atoms with van der Waals surface area (Å²) >= 11 is 0. The summed E-state index contributed by atoms with van der Waals surface area (Å²) in [7, 11) is 0. The van der Waals surface area contributed by atoms with Crippen molar-refractivity contribution in [1.82, 2.24) is 9.13 Å². The van der Waals surface area contributed by atoms with Crippen LogP contribution in [0, 0.1) is 0 Å². The van der Waals surface area contributed by atoms with E-state index in [1.807, 2.05) is 0 Å². The van der Waals surface area contributed by atoms with Crippen LogP contribution < -0.4 is 0 Å². The van der Waals surface area contributed by atoms with Gasteiger partial charge in [-0.3, -0.25) is 0 Å². The molecule has 14 rings (SSSR count). The minimum atomic E-state index is 0.183. The Kier molecular flexibility index (Phi) is 8.38. The lowest BCUT2D eigenvalue weighted by Crippen LogP contribution is -1.99. The summed E-state index contributed by atoms with van der Waals surface area (Å²) in [5.74, 6) is 0.183. The third kappa shape index (κ3) is 5.97. The molecule has 1 aliphatic rings. The van der Waals surface area contributed by atoms with E-state index in [1.165, 1.54) is 110 Å². The van der Waals surface area contributed by atoms with Gasteiger partial charge in [0.05, 0.1) is 22.1 Å². The van der Waals surface area contributed by atoms with Gasteiger partial charge >= 0.3 is 0 Å². The lowest BCUT2D eigenvalue weighted by molar-refractivity contribution is 1.01. The Morgan fingerprint density at radius 2 is 0.821 bits per heavy atom. The summed E-state index contributed by atoms with van der Waals surface area (Å²) in [5.41, 5.74) is 18.4. The van der Waals surface area contributed by atoms with Gasteiger partial charge in [-0.25, -0.2) is 0 Å². The van der Waals surface area contributed by atoms with Gasteiger partial charge in [0.1, 0.15) is 0 Å². The highest BCUT2D eigenvalue weighted by Crippen LogP contribution is 2.49. The maximum Gasteiger partial charge on any atom is 0.0547 e. The van der Waals surface area contributed by atoms with Crippen LogP contribution in [-0.2, 0) is 0 Å². The number of hydrogen-bond acceptors (Lipinski definition) is 0. The Morgan fingerprint density at radius 3 is 1.49 bits per heavy atom. The SMILES string of the molecule is C(=C(/c1ccc2c(c1)-c1ccccc1C2c1ccccc1)c1ccc2c(c1)c1cc3ccccc3cc1n2-c1ccccc1)/c1ccc2c3cc4ccccc4cc3n(-c3ccccc3)c2c1. The largest absolute Gasteiger partial charge is 0.309 e. The molecule has 0 saturated carbocycles. The molecule has 67 heavy (non-hydrogen) atoms. The van der Waals surface area contributed by atoms with E-state index in [0.29, 0.717) is 0 Å². The molecular weight excluding hydrogens is 809 g/mol. The van der Waals surface area contributed by atoms with E-state index in [0.717, 1.165) is 16.9 Å². The standard InChI is InChI=1S/C65H42N2/c1-4-16-43(17-5-1)65-54-27-15-14-26-52(54)57-38-48(29-32-55(57)65)56(49-30-33-61-59(39-49)60-37-45-19-11-13-21-47(45)41-64(60)66(61)50-22-6-2-7-23-50)34-42-28-31-53-58-36-44-18-10-12-20-46(44)40-63(58)67(62(53)35-42)51-24-8-3-9-25-51/h1-41,65H/b56-34+. The Bertz CT molecular complexity index is 4130. The van der Waals surface area contributed by atoms with E-state index < -0.39 is 0 Å². The molecule has 2 heteroatoms. The predicted octanol–water partition coefficient (Wildman–Crippen LogP) is 16.9.